The van der Waals surface area contributed by atoms with Crippen LogP contribution in [0.3, 0.4) is 0 Å². The SMILES string of the molecule is NN(C(=O)c1ccc(C2CO2)cc1)S(=O)(=O)C(F)(F)F. The second-order valence-corrected chi connectivity index (χ2v) is 5.80. The lowest BCUT2D eigenvalue weighted by Crippen LogP contribution is -2.48. The maximum Gasteiger partial charge on any atom is 0.518 e. The van der Waals surface area contributed by atoms with Crippen molar-refractivity contribution in [3.05, 3.63) is 35.4 Å². The first-order valence-corrected chi connectivity index (χ1v) is 6.71. The molecule has 1 aliphatic rings. The van der Waals surface area contributed by atoms with Crippen LogP contribution in [0.15, 0.2) is 24.3 Å². The van der Waals surface area contributed by atoms with E-state index in [1.165, 1.54) is 24.3 Å². The van der Waals surface area contributed by atoms with Gasteiger partial charge in [0, 0.05) is 5.56 Å². The average Bonchev–Trinajstić information content (AvgIpc) is 3.20. The largest absolute Gasteiger partial charge is 0.518 e. The molecule has 2 rings (SSSR count). The smallest absolute Gasteiger partial charge is 0.368 e. The molecule has 0 aliphatic carbocycles. The van der Waals surface area contributed by atoms with Gasteiger partial charge in [-0.3, -0.25) is 4.79 Å². The molecule has 1 unspecified atom stereocenters. The van der Waals surface area contributed by atoms with Crippen molar-refractivity contribution in [3.8, 4) is 0 Å². The van der Waals surface area contributed by atoms with Gasteiger partial charge < -0.3 is 4.74 Å². The summed E-state index contributed by atoms with van der Waals surface area (Å²) in [6.45, 7) is 0.527. The van der Waals surface area contributed by atoms with Crippen molar-refractivity contribution in [2.75, 3.05) is 6.61 Å². The zero-order valence-electron chi connectivity index (χ0n) is 9.79. The molecule has 110 valence electrons. The van der Waals surface area contributed by atoms with Crippen LogP contribution in [-0.2, 0) is 14.8 Å². The lowest BCUT2D eigenvalue weighted by atomic mass is 10.1. The molecule has 1 aromatic carbocycles. The van der Waals surface area contributed by atoms with Crippen LogP contribution in [0.25, 0.3) is 0 Å². The molecule has 0 aromatic heterocycles. The van der Waals surface area contributed by atoms with Crippen molar-refractivity contribution in [2.45, 2.75) is 11.6 Å². The Morgan fingerprint density at radius 2 is 1.80 bits per heavy atom. The van der Waals surface area contributed by atoms with Crippen LogP contribution in [0, 0.1) is 0 Å². The molecule has 0 saturated carbocycles. The first kappa shape index (κ1) is 14.8. The van der Waals surface area contributed by atoms with Gasteiger partial charge in [0.1, 0.15) is 6.10 Å². The monoisotopic (exact) mass is 310 g/mol. The summed E-state index contributed by atoms with van der Waals surface area (Å²) in [6, 6.07) is 5.29. The molecule has 1 heterocycles. The molecule has 0 spiro atoms. The number of amides is 1. The van der Waals surface area contributed by atoms with Crippen molar-refractivity contribution in [1.82, 2.24) is 4.41 Å². The standard InChI is InChI=1S/C10H9F3N2O4S/c11-10(12,13)20(17,18)15(14)9(16)7-3-1-6(2-4-7)8-5-19-8/h1-4,8H,5,14H2. The number of epoxide rings is 1. The van der Waals surface area contributed by atoms with Crippen LogP contribution in [-0.4, -0.2) is 30.9 Å². The normalized spacial score (nSPS) is 18.7. The Morgan fingerprint density at radius 3 is 2.20 bits per heavy atom. The van der Waals surface area contributed by atoms with Gasteiger partial charge in [-0.2, -0.15) is 26.0 Å². The minimum absolute atomic E-state index is 0.0907. The third kappa shape index (κ3) is 2.62. The highest BCUT2D eigenvalue weighted by molar-refractivity contribution is 7.90. The minimum atomic E-state index is -5.90. The summed E-state index contributed by atoms with van der Waals surface area (Å²) in [5, 5.41) is 0. The lowest BCUT2D eigenvalue weighted by molar-refractivity contribution is -0.0483. The van der Waals surface area contributed by atoms with Gasteiger partial charge in [-0.1, -0.05) is 12.1 Å². The van der Waals surface area contributed by atoms with Gasteiger partial charge in [0.2, 0.25) is 0 Å². The molecule has 1 aromatic rings. The lowest BCUT2D eigenvalue weighted by Gasteiger charge is -2.18. The van der Waals surface area contributed by atoms with Gasteiger partial charge in [0.25, 0.3) is 5.91 Å². The van der Waals surface area contributed by atoms with Crippen LogP contribution in [0.2, 0.25) is 0 Å². The predicted molar refractivity (Wildman–Crippen MR) is 60.5 cm³/mol. The maximum atomic E-state index is 12.3. The van der Waals surface area contributed by atoms with Crippen LogP contribution < -0.4 is 5.84 Å². The van der Waals surface area contributed by atoms with E-state index >= 15 is 0 Å². The van der Waals surface area contributed by atoms with Gasteiger partial charge in [-0.05, 0) is 17.7 Å². The number of alkyl halides is 3. The Kier molecular flexibility index (Phi) is 3.48. The first-order chi connectivity index (χ1) is 9.14. The van der Waals surface area contributed by atoms with Crippen molar-refractivity contribution < 1.29 is 31.1 Å². The number of carbonyl (C=O) groups excluding carboxylic acids is 1. The number of halogens is 3. The highest BCUT2D eigenvalue weighted by atomic mass is 32.2. The quantitative estimate of drug-likeness (QED) is 0.388. The number of hydrogen-bond acceptors (Lipinski definition) is 5. The summed E-state index contributed by atoms with van der Waals surface area (Å²) in [5.74, 6) is 3.31. The Balaban J connectivity index is 2.22. The van der Waals surface area contributed by atoms with Crippen molar-refractivity contribution in [2.24, 2.45) is 5.84 Å². The zero-order chi connectivity index (χ0) is 15.1. The number of hydrazine groups is 1. The number of sulfonamides is 1. The summed E-state index contributed by atoms with van der Waals surface area (Å²) in [5.41, 5.74) is -5.17. The van der Waals surface area contributed by atoms with Crippen molar-refractivity contribution >= 4 is 15.9 Å². The Hall–Kier alpha value is -1.65. The third-order valence-corrected chi connectivity index (χ3v) is 3.88. The van der Waals surface area contributed by atoms with E-state index in [0.29, 0.717) is 6.61 Å². The Bertz CT molecular complexity index is 623. The van der Waals surface area contributed by atoms with Crippen LogP contribution >= 0.6 is 0 Å². The zero-order valence-corrected chi connectivity index (χ0v) is 10.6. The maximum absolute atomic E-state index is 12.3. The Morgan fingerprint density at radius 1 is 1.30 bits per heavy atom. The van der Waals surface area contributed by atoms with E-state index in [-0.39, 0.29) is 11.7 Å². The fraction of sp³-hybridized carbons (Fsp3) is 0.300. The number of rotatable bonds is 3. The van der Waals surface area contributed by atoms with E-state index in [4.69, 9.17) is 10.6 Å². The molecule has 1 fully saturated rings. The van der Waals surface area contributed by atoms with E-state index in [1.54, 1.807) is 0 Å². The molecular formula is C10H9F3N2O4S. The molecule has 20 heavy (non-hydrogen) atoms. The number of nitrogens with zero attached hydrogens (tertiary/aromatic N) is 1. The number of ether oxygens (including phenoxy) is 1. The molecule has 0 bridgehead atoms. The predicted octanol–water partition coefficient (Wildman–Crippen LogP) is 0.923. The first-order valence-electron chi connectivity index (χ1n) is 5.27. The minimum Gasteiger partial charge on any atom is -0.368 e. The summed E-state index contributed by atoms with van der Waals surface area (Å²) < 4.78 is 62.9. The topological polar surface area (TPSA) is 93.0 Å². The molecular weight excluding hydrogens is 301 g/mol. The van der Waals surface area contributed by atoms with Crippen molar-refractivity contribution in [3.63, 3.8) is 0 Å². The second-order valence-electron chi connectivity index (χ2n) is 4.00. The summed E-state index contributed by atoms with van der Waals surface area (Å²) in [7, 11) is -5.90. The van der Waals surface area contributed by atoms with E-state index in [2.05, 4.69) is 0 Å². The fourth-order valence-electron chi connectivity index (χ4n) is 1.43. The molecule has 1 amide bonds. The highest BCUT2D eigenvalue weighted by Gasteiger charge is 2.51. The number of benzene rings is 1. The van der Waals surface area contributed by atoms with Gasteiger partial charge in [-0.15, -0.1) is 0 Å². The number of nitrogens with two attached hydrogens (primary N) is 1. The third-order valence-electron chi connectivity index (χ3n) is 2.61. The molecule has 1 saturated heterocycles. The van der Waals surface area contributed by atoms with Crippen LogP contribution in [0.1, 0.15) is 22.0 Å². The summed E-state index contributed by atoms with van der Waals surface area (Å²) in [6.07, 6.45) is -0.0907. The molecule has 0 radical (unpaired) electrons. The molecule has 1 aliphatic heterocycles. The summed E-state index contributed by atoms with van der Waals surface area (Å²) >= 11 is 0. The Labute approximate surface area is 111 Å². The molecule has 10 heteroatoms. The van der Waals surface area contributed by atoms with Gasteiger partial charge in [0.15, 0.2) is 0 Å². The van der Waals surface area contributed by atoms with Gasteiger partial charge in [-0.25, -0.2) is 5.84 Å². The number of hydrogen-bond donors (Lipinski definition) is 1. The molecule has 1 atom stereocenters. The van der Waals surface area contributed by atoms with E-state index in [1.807, 2.05) is 0 Å². The average molecular weight is 310 g/mol. The highest BCUT2D eigenvalue weighted by Crippen LogP contribution is 2.30. The van der Waals surface area contributed by atoms with Crippen LogP contribution in [0.5, 0.6) is 0 Å². The number of carbonyl (C=O) groups is 1. The fourth-order valence-corrected chi connectivity index (χ4v) is 1.98. The van der Waals surface area contributed by atoms with Gasteiger partial charge >= 0.3 is 15.5 Å². The molecule has 6 nitrogen and oxygen atoms in total. The molecule has 2 N–H and O–H groups in total. The van der Waals surface area contributed by atoms with Crippen LogP contribution in [0.4, 0.5) is 13.2 Å². The second kappa shape index (κ2) is 4.72. The van der Waals surface area contributed by atoms with E-state index < -0.39 is 25.9 Å². The summed E-state index contributed by atoms with van der Waals surface area (Å²) in [4.78, 5) is 11.6. The van der Waals surface area contributed by atoms with E-state index in [9.17, 15) is 26.4 Å². The van der Waals surface area contributed by atoms with Crippen molar-refractivity contribution in [1.29, 1.82) is 0 Å². The van der Waals surface area contributed by atoms with E-state index in [0.717, 1.165) is 5.56 Å². The van der Waals surface area contributed by atoms with Gasteiger partial charge in [0.05, 0.1) is 6.61 Å².